The zero-order chi connectivity index (χ0) is 6.85. The van der Waals surface area contributed by atoms with Crippen molar-refractivity contribution in [2.75, 3.05) is 0 Å². The van der Waals surface area contributed by atoms with Crippen LogP contribution >= 0.6 is 22.9 Å². The highest BCUT2D eigenvalue weighted by molar-refractivity contribution is 7.15. The Hall–Kier alpha value is -0.120. The van der Waals surface area contributed by atoms with Gasteiger partial charge in [0.25, 0.3) is 0 Å². The third-order valence-electron chi connectivity index (χ3n) is 0.907. The van der Waals surface area contributed by atoms with Crippen LogP contribution < -0.4 is 0 Å². The summed E-state index contributed by atoms with van der Waals surface area (Å²) in [6, 6.07) is 0. The maximum absolute atomic E-state index is 8.95. The molecule has 1 rings (SSSR count). The van der Waals surface area contributed by atoms with Gasteiger partial charge in [-0.1, -0.05) is 11.6 Å². The molecule has 1 aromatic rings. The number of aromatic nitrogens is 1. The van der Waals surface area contributed by atoms with E-state index in [4.69, 9.17) is 16.7 Å². The Morgan fingerprint density at radius 3 is 2.78 bits per heavy atom. The van der Waals surface area contributed by atoms with Crippen molar-refractivity contribution in [3.63, 3.8) is 0 Å². The van der Waals surface area contributed by atoms with E-state index in [2.05, 4.69) is 4.98 Å². The van der Waals surface area contributed by atoms with E-state index in [1.54, 1.807) is 13.1 Å². The largest absolute Gasteiger partial charge is 0.388 e. The van der Waals surface area contributed by atoms with Crippen LogP contribution in [-0.2, 0) is 0 Å². The number of halogens is 1. The van der Waals surface area contributed by atoms with E-state index in [0.717, 1.165) is 4.88 Å². The van der Waals surface area contributed by atoms with Crippen LogP contribution in [0.2, 0.25) is 4.47 Å². The Kier molecular flexibility index (Phi) is 2.05. The first-order valence-corrected chi connectivity index (χ1v) is 3.69. The summed E-state index contributed by atoms with van der Waals surface area (Å²) in [5, 5.41) is 8.95. The van der Waals surface area contributed by atoms with Gasteiger partial charge in [0.2, 0.25) is 0 Å². The van der Waals surface area contributed by atoms with Crippen LogP contribution in [0.3, 0.4) is 0 Å². The third-order valence-corrected chi connectivity index (χ3v) is 2.19. The molecule has 0 spiro atoms. The molecule has 1 heterocycles. The molecule has 0 amide bonds. The van der Waals surface area contributed by atoms with E-state index < -0.39 is 6.10 Å². The van der Waals surface area contributed by atoms with Gasteiger partial charge >= 0.3 is 0 Å². The number of aliphatic hydroxyl groups excluding tert-OH is 1. The van der Waals surface area contributed by atoms with Gasteiger partial charge in [-0.15, -0.1) is 11.3 Å². The van der Waals surface area contributed by atoms with E-state index in [-0.39, 0.29) is 0 Å². The normalized spacial score (nSPS) is 13.7. The third kappa shape index (κ3) is 1.64. The van der Waals surface area contributed by atoms with Gasteiger partial charge in [-0.25, -0.2) is 4.98 Å². The van der Waals surface area contributed by atoms with Gasteiger partial charge in [-0.2, -0.15) is 0 Å². The molecular formula is C5H6ClNOS. The number of nitrogens with zero attached hydrogens (tertiary/aromatic N) is 1. The zero-order valence-electron chi connectivity index (χ0n) is 4.84. The molecule has 4 heteroatoms. The van der Waals surface area contributed by atoms with E-state index in [1.807, 2.05) is 0 Å². The predicted octanol–water partition coefficient (Wildman–Crippen LogP) is 1.85. The van der Waals surface area contributed by atoms with Gasteiger partial charge < -0.3 is 5.11 Å². The minimum Gasteiger partial charge on any atom is -0.388 e. The molecule has 0 aliphatic heterocycles. The van der Waals surface area contributed by atoms with Gasteiger partial charge in [-0.05, 0) is 6.92 Å². The SMILES string of the molecule is C[C@@H](O)c1cnc(Cl)s1. The highest BCUT2D eigenvalue weighted by atomic mass is 35.5. The lowest BCUT2D eigenvalue weighted by molar-refractivity contribution is 0.203. The first-order valence-electron chi connectivity index (χ1n) is 2.49. The number of rotatable bonds is 1. The second-order valence-corrected chi connectivity index (χ2v) is 3.34. The standard InChI is InChI=1S/C5H6ClNOS/c1-3(8)4-2-7-5(6)9-4/h2-3,8H,1H3/t3-/m1/s1. The van der Waals surface area contributed by atoms with Gasteiger partial charge in [0.05, 0.1) is 11.0 Å². The molecule has 1 atom stereocenters. The van der Waals surface area contributed by atoms with Crippen molar-refractivity contribution in [3.05, 3.63) is 15.5 Å². The Morgan fingerprint density at radius 1 is 1.89 bits per heavy atom. The summed E-state index contributed by atoms with van der Waals surface area (Å²) in [4.78, 5) is 4.57. The second-order valence-electron chi connectivity index (χ2n) is 1.69. The lowest BCUT2D eigenvalue weighted by Crippen LogP contribution is -1.83. The molecule has 0 saturated heterocycles. The minimum absolute atomic E-state index is 0.449. The maximum atomic E-state index is 8.95. The molecule has 9 heavy (non-hydrogen) atoms. The average molecular weight is 164 g/mol. The van der Waals surface area contributed by atoms with Crippen LogP contribution in [0.4, 0.5) is 0 Å². The van der Waals surface area contributed by atoms with E-state index in [9.17, 15) is 0 Å². The zero-order valence-corrected chi connectivity index (χ0v) is 6.41. The molecule has 0 aromatic carbocycles. The molecule has 50 valence electrons. The highest BCUT2D eigenvalue weighted by Crippen LogP contribution is 2.22. The van der Waals surface area contributed by atoms with Crippen molar-refractivity contribution < 1.29 is 5.11 Å². The van der Waals surface area contributed by atoms with Crippen LogP contribution in [-0.4, -0.2) is 10.1 Å². The van der Waals surface area contributed by atoms with Gasteiger partial charge in [-0.3, -0.25) is 0 Å². The van der Waals surface area contributed by atoms with Crippen LogP contribution in [0, 0.1) is 0 Å². The van der Waals surface area contributed by atoms with Crippen LogP contribution in [0.5, 0.6) is 0 Å². The summed E-state index contributed by atoms with van der Waals surface area (Å²) in [6.07, 6.45) is 1.13. The molecule has 0 fully saturated rings. The summed E-state index contributed by atoms with van der Waals surface area (Å²) in [6.45, 7) is 1.68. The van der Waals surface area contributed by atoms with Crippen LogP contribution in [0.1, 0.15) is 17.9 Å². The smallest absolute Gasteiger partial charge is 0.183 e. The Bertz CT molecular complexity index is 199. The Labute approximate surface area is 62.1 Å². The first-order chi connectivity index (χ1) is 4.20. The summed E-state index contributed by atoms with van der Waals surface area (Å²) in [5.41, 5.74) is 0. The average Bonchev–Trinajstić information content (AvgIpc) is 2.14. The number of thiazole rings is 1. The molecular weight excluding hydrogens is 158 g/mol. The van der Waals surface area contributed by atoms with Crippen LogP contribution in [0.25, 0.3) is 0 Å². The fourth-order valence-corrected chi connectivity index (χ4v) is 1.35. The fraction of sp³-hybridized carbons (Fsp3) is 0.400. The molecule has 0 radical (unpaired) electrons. The monoisotopic (exact) mass is 163 g/mol. The molecule has 0 unspecified atom stereocenters. The number of aliphatic hydroxyl groups is 1. The van der Waals surface area contributed by atoms with Crippen molar-refractivity contribution in [1.82, 2.24) is 4.98 Å². The Balaban J connectivity index is 2.85. The van der Waals surface area contributed by atoms with Crippen molar-refractivity contribution in [2.45, 2.75) is 13.0 Å². The molecule has 2 nitrogen and oxygen atoms in total. The van der Waals surface area contributed by atoms with E-state index >= 15 is 0 Å². The summed E-state index contributed by atoms with van der Waals surface area (Å²) >= 11 is 6.80. The summed E-state index contributed by atoms with van der Waals surface area (Å²) < 4.78 is 0.478. The van der Waals surface area contributed by atoms with Crippen molar-refractivity contribution in [1.29, 1.82) is 0 Å². The van der Waals surface area contributed by atoms with E-state index in [1.165, 1.54) is 11.3 Å². The molecule has 0 aliphatic carbocycles. The van der Waals surface area contributed by atoms with E-state index in [0.29, 0.717) is 4.47 Å². The van der Waals surface area contributed by atoms with Crippen molar-refractivity contribution >= 4 is 22.9 Å². The van der Waals surface area contributed by atoms with Crippen LogP contribution in [0.15, 0.2) is 6.20 Å². The van der Waals surface area contributed by atoms with Crippen molar-refractivity contribution in [2.24, 2.45) is 0 Å². The predicted molar refractivity (Wildman–Crippen MR) is 37.8 cm³/mol. The lowest BCUT2D eigenvalue weighted by Gasteiger charge is -1.94. The fourth-order valence-electron chi connectivity index (χ4n) is 0.457. The Morgan fingerprint density at radius 2 is 2.56 bits per heavy atom. The number of hydrogen-bond donors (Lipinski definition) is 1. The molecule has 0 saturated carbocycles. The highest BCUT2D eigenvalue weighted by Gasteiger charge is 2.03. The minimum atomic E-state index is -0.449. The molecule has 1 N–H and O–H groups in total. The summed E-state index contributed by atoms with van der Waals surface area (Å²) in [7, 11) is 0. The maximum Gasteiger partial charge on any atom is 0.183 e. The number of hydrogen-bond acceptors (Lipinski definition) is 3. The van der Waals surface area contributed by atoms with Crippen molar-refractivity contribution in [3.8, 4) is 0 Å². The summed E-state index contributed by atoms with van der Waals surface area (Å²) in [5.74, 6) is 0. The first kappa shape index (κ1) is 6.99. The molecule has 1 aromatic heterocycles. The second kappa shape index (κ2) is 2.64. The lowest BCUT2D eigenvalue weighted by atomic mass is 10.4. The quantitative estimate of drug-likeness (QED) is 0.686. The molecule has 0 bridgehead atoms. The van der Waals surface area contributed by atoms with Gasteiger partial charge in [0.1, 0.15) is 0 Å². The molecule has 0 aliphatic rings. The van der Waals surface area contributed by atoms with Gasteiger partial charge in [0, 0.05) is 6.20 Å². The topological polar surface area (TPSA) is 33.1 Å². The van der Waals surface area contributed by atoms with Gasteiger partial charge in [0.15, 0.2) is 4.47 Å².